The fourth-order valence-electron chi connectivity index (χ4n) is 8.87. The summed E-state index contributed by atoms with van der Waals surface area (Å²) >= 11 is 0. The van der Waals surface area contributed by atoms with Crippen molar-refractivity contribution < 1.29 is 28.6 Å². The van der Waals surface area contributed by atoms with Crippen molar-refractivity contribution >= 4 is 17.9 Å². The minimum absolute atomic E-state index is 0.0634. The highest BCUT2D eigenvalue weighted by Crippen LogP contribution is 2.18. The van der Waals surface area contributed by atoms with Crippen LogP contribution in [0.15, 0.2) is 0 Å². The van der Waals surface area contributed by atoms with E-state index in [1.54, 1.807) is 0 Å². The molecule has 0 aromatic rings. The van der Waals surface area contributed by atoms with E-state index < -0.39 is 6.10 Å². The Bertz CT molecular complexity index is 978. The number of carbonyl (C=O) groups is 3. The van der Waals surface area contributed by atoms with Crippen LogP contribution < -0.4 is 0 Å². The van der Waals surface area contributed by atoms with Crippen LogP contribution in [0, 0.1) is 11.8 Å². The molecule has 0 aromatic carbocycles. The molecule has 0 saturated carbocycles. The normalized spacial score (nSPS) is 12.0. The molecule has 0 unspecified atom stereocenters. The van der Waals surface area contributed by atoms with Gasteiger partial charge in [-0.1, -0.05) is 285 Å². The summed E-state index contributed by atoms with van der Waals surface area (Å²) in [6.45, 7) is 11.4. The summed E-state index contributed by atoms with van der Waals surface area (Å²) in [6.07, 6.45) is 53.9. The Morgan fingerprint density at radius 1 is 0.297 bits per heavy atom. The van der Waals surface area contributed by atoms with Gasteiger partial charge in [-0.15, -0.1) is 0 Å². The van der Waals surface area contributed by atoms with Crippen molar-refractivity contribution in [1.82, 2.24) is 0 Å². The lowest BCUT2D eigenvalue weighted by molar-refractivity contribution is -0.167. The molecule has 0 N–H and O–H groups in total. The molecule has 380 valence electrons. The van der Waals surface area contributed by atoms with Crippen LogP contribution in [-0.2, 0) is 28.6 Å². The Kier molecular flexibility index (Phi) is 49.6. The second-order valence-corrected chi connectivity index (χ2v) is 20.9. The number of ether oxygens (including phenoxy) is 3. The number of rotatable bonds is 52. The zero-order valence-corrected chi connectivity index (χ0v) is 43.9. The molecule has 0 aliphatic heterocycles. The van der Waals surface area contributed by atoms with Gasteiger partial charge in [-0.25, -0.2) is 0 Å². The standard InChI is InChI=1S/C58H112O6/c1-6-7-8-9-10-11-12-13-14-15-16-17-18-22-25-28-33-38-43-48-56(59)62-51-55(52-63-57(60)49-44-39-35-30-32-37-42-47-54(4)5)64-58(61)50-45-40-34-29-26-23-20-19-21-24-27-31-36-41-46-53(2)3/h53-55H,6-52H2,1-5H3/t55-/m1/s1. The molecular weight excluding hydrogens is 793 g/mol. The summed E-state index contributed by atoms with van der Waals surface area (Å²) in [5.74, 6) is 0.781. The minimum atomic E-state index is -0.763. The van der Waals surface area contributed by atoms with Crippen LogP contribution >= 0.6 is 0 Å². The highest BCUT2D eigenvalue weighted by atomic mass is 16.6. The SMILES string of the molecule is CCCCCCCCCCCCCCCCCCCCCC(=O)OC[C@H](COC(=O)CCCCCCCCCC(C)C)OC(=O)CCCCCCCCCCCCCCCCC(C)C. The van der Waals surface area contributed by atoms with Gasteiger partial charge in [0.15, 0.2) is 6.10 Å². The van der Waals surface area contributed by atoms with Gasteiger partial charge in [0.2, 0.25) is 0 Å². The number of hydrogen-bond acceptors (Lipinski definition) is 6. The number of esters is 3. The predicted molar refractivity (Wildman–Crippen MR) is 275 cm³/mol. The van der Waals surface area contributed by atoms with Gasteiger partial charge in [0.25, 0.3) is 0 Å². The largest absolute Gasteiger partial charge is 0.462 e. The second-order valence-electron chi connectivity index (χ2n) is 20.9. The first kappa shape index (κ1) is 62.4. The maximum atomic E-state index is 12.8. The van der Waals surface area contributed by atoms with Crippen LogP contribution in [0.2, 0.25) is 0 Å². The Hall–Kier alpha value is -1.59. The smallest absolute Gasteiger partial charge is 0.306 e. The Morgan fingerprint density at radius 2 is 0.516 bits per heavy atom. The molecule has 0 saturated heterocycles. The van der Waals surface area contributed by atoms with Crippen LogP contribution in [0.3, 0.4) is 0 Å². The average molecular weight is 906 g/mol. The average Bonchev–Trinajstić information content (AvgIpc) is 3.27. The van der Waals surface area contributed by atoms with Crippen molar-refractivity contribution in [2.45, 2.75) is 330 Å². The van der Waals surface area contributed by atoms with Crippen LogP contribution in [-0.4, -0.2) is 37.2 Å². The number of unbranched alkanes of at least 4 members (excludes halogenated alkanes) is 37. The van der Waals surface area contributed by atoms with Crippen molar-refractivity contribution in [1.29, 1.82) is 0 Å². The fourth-order valence-corrected chi connectivity index (χ4v) is 8.87. The molecule has 6 heteroatoms. The summed E-state index contributed by atoms with van der Waals surface area (Å²) in [5, 5.41) is 0. The molecule has 0 aromatic heterocycles. The molecule has 0 aliphatic rings. The van der Waals surface area contributed by atoms with E-state index in [-0.39, 0.29) is 31.1 Å². The van der Waals surface area contributed by atoms with Gasteiger partial charge in [-0.3, -0.25) is 14.4 Å². The quantitative estimate of drug-likeness (QED) is 0.0344. The first-order valence-electron chi connectivity index (χ1n) is 28.7. The Labute approximate surface area is 399 Å². The lowest BCUT2D eigenvalue weighted by Crippen LogP contribution is -2.30. The minimum Gasteiger partial charge on any atom is -0.462 e. The number of carbonyl (C=O) groups excluding carboxylic acids is 3. The van der Waals surface area contributed by atoms with Crippen molar-refractivity contribution in [3.63, 3.8) is 0 Å². The molecule has 0 heterocycles. The first-order valence-corrected chi connectivity index (χ1v) is 28.7. The lowest BCUT2D eigenvalue weighted by atomic mass is 10.0. The van der Waals surface area contributed by atoms with Crippen molar-refractivity contribution in [2.24, 2.45) is 11.8 Å². The van der Waals surface area contributed by atoms with Gasteiger partial charge in [-0.05, 0) is 31.1 Å². The van der Waals surface area contributed by atoms with E-state index in [9.17, 15) is 14.4 Å². The van der Waals surface area contributed by atoms with Gasteiger partial charge in [0.1, 0.15) is 13.2 Å². The molecule has 0 bridgehead atoms. The van der Waals surface area contributed by atoms with Crippen LogP contribution in [0.5, 0.6) is 0 Å². The molecule has 0 radical (unpaired) electrons. The van der Waals surface area contributed by atoms with Crippen LogP contribution in [0.1, 0.15) is 324 Å². The maximum absolute atomic E-state index is 12.8. The van der Waals surface area contributed by atoms with Gasteiger partial charge in [0, 0.05) is 19.3 Å². The van der Waals surface area contributed by atoms with Gasteiger partial charge in [0.05, 0.1) is 0 Å². The third-order valence-corrected chi connectivity index (χ3v) is 13.2. The van der Waals surface area contributed by atoms with E-state index in [0.717, 1.165) is 69.6 Å². The van der Waals surface area contributed by atoms with Crippen molar-refractivity contribution in [3.8, 4) is 0 Å². The predicted octanol–water partition coefficient (Wildman–Crippen LogP) is 18.9. The molecule has 64 heavy (non-hydrogen) atoms. The summed E-state index contributed by atoms with van der Waals surface area (Å²) in [5.41, 5.74) is 0. The Balaban J connectivity index is 4.23. The van der Waals surface area contributed by atoms with Gasteiger partial charge < -0.3 is 14.2 Å². The molecule has 0 amide bonds. The zero-order valence-electron chi connectivity index (χ0n) is 43.9. The van der Waals surface area contributed by atoms with E-state index in [4.69, 9.17) is 14.2 Å². The lowest BCUT2D eigenvalue weighted by Gasteiger charge is -2.18. The highest BCUT2D eigenvalue weighted by molar-refractivity contribution is 5.71. The summed E-state index contributed by atoms with van der Waals surface area (Å²) < 4.78 is 16.9. The summed E-state index contributed by atoms with van der Waals surface area (Å²) in [6, 6.07) is 0. The molecule has 0 rings (SSSR count). The van der Waals surface area contributed by atoms with Crippen molar-refractivity contribution in [3.05, 3.63) is 0 Å². The number of hydrogen-bond donors (Lipinski definition) is 0. The fraction of sp³-hybridized carbons (Fsp3) is 0.948. The molecule has 0 fully saturated rings. The summed E-state index contributed by atoms with van der Waals surface area (Å²) in [4.78, 5) is 38.1. The van der Waals surface area contributed by atoms with Gasteiger partial charge in [-0.2, -0.15) is 0 Å². The first-order chi connectivity index (χ1) is 31.2. The molecular formula is C58H112O6. The topological polar surface area (TPSA) is 78.9 Å². The second kappa shape index (κ2) is 50.8. The van der Waals surface area contributed by atoms with E-state index in [2.05, 4.69) is 34.6 Å². The third-order valence-electron chi connectivity index (χ3n) is 13.2. The van der Waals surface area contributed by atoms with E-state index in [0.29, 0.717) is 19.3 Å². The van der Waals surface area contributed by atoms with E-state index >= 15 is 0 Å². The highest BCUT2D eigenvalue weighted by Gasteiger charge is 2.19. The molecule has 0 spiro atoms. The zero-order chi connectivity index (χ0) is 46.8. The maximum Gasteiger partial charge on any atom is 0.306 e. The van der Waals surface area contributed by atoms with E-state index in [1.165, 1.54) is 212 Å². The van der Waals surface area contributed by atoms with E-state index in [1.807, 2.05) is 0 Å². The molecule has 1 atom stereocenters. The third kappa shape index (κ3) is 51.4. The monoisotopic (exact) mass is 905 g/mol. The van der Waals surface area contributed by atoms with Crippen LogP contribution in [0.4, 0.5) is 0 Å². The van der Waals surface area contributed by atoms with Crippen molar-refractivity contribution in [2.75, 3.05) is 13.2 Å². The Morgan fingerprint density at radius 3 is 0.766 bits per heavy atom. The van der Waals surface area contributed by atoms with Crippen LogP contribution in [0.25, 0.3) is 0 Å². The molecule has 0 aliphatic carbocycles. The summed E-state index contributed by atoms with van der Waals surface area (Å²) in [7, 11) is 0. The van der Waals surface area contributed by atoms with Gasteiger partial charge >= 0.3 is 17.9 Å². The molecule has 6 nitrogen and oxygen atoms in total.